The summed E-state index contributed by atoms with van der Waals surface area (Å²) >= 11 is 0. The first-order valence-corrected chi connectivity index (χ1v) is 8.51. The van der Waals surface area contributed by atoms with Gasteiger partial charge in [0.1, 0.15) is 0 Å². The Balaban J connectivity index is 1.78. The van der Waals surface area contributed by atoms with Crippen LogP contribution in [0.5, 0.6) is 0 Å². The minimum absolute atomic E-state index is 0.267. The molecule has 3 amide bonds. The topological polar surface area (TPSA) is 92.4 Å². The number of rotatable bonds is 7. The monoisotopic (exact) mass is 356 g/mol. The van der Waals surface area contributed by atoms with Crippen molar-refractivity contribution in [1.29, 1.82) is 0 Å². The summed E-state index contributed by atoms with van der Waals surface area (Å²) < 4.78 is 5.07. The highest BCUT2D eigenvalue weighted by Crippen LogP contribution is 2.15. The van der Waals surface area contributed by atoms with Gasteiger partial charge < -0.3 is 15.4 Å². The van der Waals surface area contributed by atoms with Crippen LogP contribution in [-0.4, -0.2) is 30.3 Å². The van der Waals surface area contributed by atoms with Crippen LogP contribution < -0.4 is 16.0 Å². The van der Waals surface area contributed by atoms with E-state index in [1.165, 1.54) is 0 Å². The van der Waals surface area contributed by atoms with Crippen LogP contribution in [0.15, 0.2) is 48.7 Å². The lowest BCUT2D eigenvalue weighted by atomic mass is 10.2. The van der Waals surface area contributed by atoms with E-state index in [9.17, 15) is 9.59 Å². The summed E-state index contributed by atoms with van der Waals surface area (Å²) in [6, 6.07) is 12.2. The van der Waals surface area contributed by atoms with Crippen molar-refractivity contribution in [3.05, 3.63) is 54.4 Å². The second kappa shape index (κ2) is 10.0. The summed E-state index contributed by atoms with van der Waals surface area (Å²) in [5.41, 5.74) is 2.03. The predicted octanol–water partition coefficient (Wildman–Crippen LogP) is 3.65. The maximum atomic E-state index is 12.0. The minimum atomic E-state index is -0.518. The quantitative estimate of drug-likeness (QED) is 0.706. The van der Waals surface area contributed by atoms with Gasteiger partial charge in [0.25, 0.3) is 0 Å². The van der Waals surface area contributed by atoms with Gasteiger partial charge in [-0.15, -0.1) is 0 Å². The average Bonchev–Trinajstić information content (AvgIpc) is 2.61. The lowest BCUT2D eigenvalue weighted by Crippen LogP contribution is -2.30. The number of hydrogen-bond donors (Lipinski definition) is 3. The molecule has 0 spiro atoms. The number of urea groups is 1. The molecule has 7 heteroatoms. The Kier molecular flexibility index (Phi) is 7.42. The van der Waals surface area contributed by atoms with E-state index in [2.05, 4.69) is 20.9 Å². The molecule has 26 heavy (non-hydrogen) atoms. The van der Waals surface area contributed by atoms with Crippen molar-refractivity contribution >= 4 is 23.5 Å². The molecule has 138 valence electrons. The van der Waals surface area contributed by atoms with Crippen LogP contribution in [-0.2, 0) is 11.2 Å². The molecule has 0 saturated carbocycles. The Morgan fingerprint density at radius 1 is 1.08 bits per heavy atom. The Labute approximate surface area is 153 Å². The molecule has 1 aromatic heterocycles. The van der Waals surface area contributed by atoms with Crippen LogP contribution in [0.2, 0.25) is 0 Å². The van der Waals surface area contributed by atoms with Crippen molar-refractivity contribution in [3.63, 3.8) is 0 Å². The van der Waals surface area contributed by atoms with Gasteiger partial charge in [-0.25, -0.2) is 9.59 Å². The zero-order chi connectivity index (χ0) is 18.8. The molecule has 2 aromatic rings. The predicted molar refractivity (Wildman–Crippen MR) is 101 cm³/mol. The van der Waals surface area contributed by atoms with E-state index in [0.717, 1.165) is 5.69 Å². The highest BCUT2D eigenvalue weighted by molar-refractivity contribution is 5.91. The van der Waals surface area contributed by atoms with Gasteiger partial charge in [-0.3, -0.25) is 10.3 Å². The highest BCUT2D eigenvalue weighted by Gasteiger charge is 2.06. The van der Waals surface area contributed by atoms with Crippen molar-refractivity contribution in [3.8, 4) is 0 Å². The molecule has 0 aliphatic carbocycles. The highest BCUT2D eigenvalue weighted by atomic mass is 16.5. The fraction of sp³-hybridized carbons (Fsp3) is 0.316. The van der Waals surface area contributed by atoms with E-state index in [1.807, 2.05) is 32.0 Å². The van der Waals surface area contributed by atoms with Crippen molar-refractivity contribution < 1.29 is 14.3 Å². The minimum Gasteiger partial charge on any atom is -0.449 e. The van der Waals surface area contributed by atoms with Gasteiger partial charge in [0.05, 0.1) is 6.61 Å². The second-order valence-electron chi connectivity index (χ2n) is 6.15. The summed E-state index contributed by atoms with van der Waals surface area (Å²) in [5, 5.41) is 8.13. The zero-order valence-corrected chi connectivity index (χ0v) is 15.0. The first kappa shape index (κ1) is 19.2. The van der Waals surface area contributed by atoms with Gasteiger partial charge in [-0.05, 0) is 36.2 Å². The Hall–Kier alpha value is -3.09. The molecule has 0 fully saturated rings. The molecular weight excluding hydrogens is 332 g/mol. The third kappa shape index (κ3) is 7.21. The first-order valence-electron chi connectivity index (χ1n) is 8.51. The van der Waals surface area contributed by atoms with Crippen LogP contribution in [0, 0.1) is 5.92 Å². The maximum absolute atomic E-state index is 12.0. The average molecular weight is 356 g/mol. The van der Waals surface area contributed by atoms with Crippen LogP contribution in [0.1, 0.15) is 19.5 Å². The number of carbonyl (C=O) groups excluding carboxylic acids is 2. The number of pyridine rings is 1. The number of amides is 3. The van der Waals surface area contributed by atoms with Gasteiger partial charge in [-0.1, -0.05) is 26.0 Å². The molecule has 1 heterocycles. The summed E-state index contributed by atoms with van der Waals surface area (Å²) in [6.45, 7) is 4.75. The Morgan fingerprint density at radius 2 is 1.85 bits per heavy atom. The number of nitrogens with one attached hydrogen (secondary N) is 3. The molecule has 0 radical (unpaired) electrons. The smallest absolute Gasteiger partial charge is 0.411 e. The number of benzene rings is 1. The molecule has 0 bridgehead atoms. The molecule has 0 saturated heterocycles. The fourth-order valence-electron chi connectivity index (χ4n) is 2.10. The number of anilines is 2. The van der Waals surface area contributed by atoms with Crippen LogP contribution in [0.25, 0.3) is 0 Å². The van der Waals surface area contributed by atoms with Gasteiger partial charge in [0.2, 0.25) is 0 Å². The van der Waals surface area contributed by atoms with E-state index in [1.54, 1.807) is 30.5 Å². The lowest BCUT2D eigenvalue weighted by molar-refractivity contribution is 0.147. The third-order valence-electron chi connectivity index (χ3n) is 3.31. The largest absolute Gasteiger partial charge is 0.449 e. The van der Waals surface area contributed by atoms with Crippen LogP contribution in [0.4, 0.5) is 21.0 Å². The van der Waals surface area contributed by atoms with E-state index in [4.69, 9.17) is 4.74 Å². The van der Waals surface area contributed by atoms with Crippen LogP contribution >= 0.6 is 0 Å². The molecule has 1 aromatic carbocycles. The van der Waals surface area contributed by atoms with Crippen molar-refractivity contribution in [2.24, 2.45) is 5.92 Å². The summed E-state index contributed by atoms with van der Waals surface area (Å²) in [5.74, 6) is 0.267. The summed E-state index contributed by atoms with van der Waals surface area (Å²) in [4.78, 5) is 27.8. The molecule has 0 aliphatic heterocycles. The lowest BCUT2D eigenvalue weighted by Gasteiger charge is -2.11. The van der Waals surface area contributed by atoms with Crippen molar-refractivity contribution in [1.82, 2.24) is 10.3 Å². The van der Waals surface area contributed by atoms with Gasteiger partial charge in [-0.2, -0.15) is 0 Å². The Morgan fingerprint density at radius 3 is 2.54 bits per heavy atom. The molecule has 2 rings (SSSR count). The number of ether oxygens (including phenoxy) is 1. The van der Waals surface area contributed by atoms with E-state index < -0.39 is 6.09 Å². The standard InChI is InChI=1S/C19H24N4O3/c1-14(2)13-26-19(25)23-17-8-5-7-16(12-17)22-18(24)21-11-9-15-6-3-4-10-20-15/h3-8,10,12,14H,9,11,13H2,1-2H3,(H,23,25)(H2,21,22,24). The molecular formula is C19H24N4O3. The fourth-order valence-corrected chi connectivity index (χ4v) is 2.10. The molecule has 3 N–H and O–H groups in total. The first-order chi connectivity index (χ1) is 12.5. The number of hydrogen-bond acceptors (Lipinski definition) is 4. The second-order valence-corrected chi connectivity index (χ2v) is 6.15. The molecule has 0 atom stereocenters. The summed E-state index contributed by atoms with van der Waals surface area (Å²) in [7, 11) is 0. The molecule has 0 unspecified atom stereocenters. The number of carbonyl (C=O) groups is 2. The van der Waals surface area contributed by atoms with Crippen LogP contribution in [0.3, 0.4) is 0 Å². The zero-order valence-electron chi connectivity index (χ0n) is 15.0. The Bertz CT molecular complexity index is 720. The normalized spacial score (nSPS) is 10.3. The van der Waals surface area contributed by atoms with Gasteiger partial charge in [0, 0.05) is 36.2 Å². The molecule has 0 aliphatic rings. The van der Waals surface area contributed by atoms with Gasteiger partial charge in [0.15, 0.2) is 0 Å². The van der Waals surface area contributed by atoms with Crippen molar-refractivity contribution in [2.75, 3.05) is 23.8 Å². The number of nitrogens with zero attached hydrogens (tertiary/aromatic N) is 1. The number of aromatic nitrogens is 1. The summed E-state index contributed by atoms with van der Waals surface area (Å²) in [6.07, 6.45) is 1.85. The van der Waals surface area contributed by atoms with Gasteiger partial charge >= 0.3 is 12.1 Å². The van der Waals surface area contributed by atoms with E-state index in [0.29, 0.717) is 30.9 Å². The van der Waals surface area contributed by atoms with E-state index >= 15 is 0 Å². The van der Waals surface area contributed by atoms with E-state index in [-0.39, 0.29) is 11.9 Å². The maximum Gasteiger partial charge on any atom is 0.411 e. The third-order valence-corrected chi connectivity index (χ3v) is 3.31. The van der Waals surface area contributed by atoms with Crippen molar-refractivity contribution in [2.45, 2.75) is 20.3 Å². The molecule has 7 nitrogen and oxygen atoms in total. The SMILES string of the molecule is CC(C)COC(=O)Nc1cccc(NC(=O)NCCc2ccccn2)c1.